The topological polar surface area (TPSA) is 118 Å². The summed E-state index contributed by atoms with van der Waals surface area (Å²) in [6.07, 6.45) is 5.98. The molecule has 3 amide bonds. The zero-order chi connectivity index (χ0) is 36.9. The van der Waals surface area contributed by atoms with Gasteiger partial charge in [-0.2, -0.15) is 0 Å². The molecule has 1 aliphatic rings. The SMILES string of the molecule is COC(NC(CCC(Cc1ccccc1)NC(=O)C(NC(=O)N(Cc1csc(C(C)C)n1)C1CC1)C(C)C)Cc1ccccc1)OCc1cncs1. The average molecular weight is 747 g/mol. The Morgan fingerprint density at radius 3 is 2.12 bits per heavy atom. The molecule has 2 aromatic carbocycles. The van der Waals surface area contributed by atoms with Gasteiger partial charge in [-0.1, -0.05) is 88.4 Å². The first-order valence-corrected chi connectivity index (χ1v) is 20.1. The third-order valence-electron chi connectivity index (χ3n) is 9.18. The zero-order valence-electron chi connectivity index (χ0n) is 31.0. The molecule has 4 unspecified atom stereocenters. The van der Waals surface area contributed by atoms with Crippen molar-refractivity contribution in [3.63, 3.8) is 0 Å². The van der Waals surface area contributed by atoms with Gasteiger partial charge in [0, 0.05) is 42.7 Å². The number of thiazole rings is 2. The standard InChI is InChI=1S/C40H54N6O4S2/c1-27(2)36(45-39(48)46(34-18-19-34)23-33-25-51-38(43-33)28(3)4)37(47)42-31(20-29-12-8-6-9-13-29)16-17-32(21-30-14-10-7-11-15-30)44-40(49-5)50-24-35-22-41-26-52-35/h6-15,22,25-28,31-32,34,36,40,44H,16-21,23-24H2,1-5H3,(H,42,47)(H,45,48). The second-order valence-electron chi connectivity index (χ2n) is 14.2. The fraction of sp³-hybridized carbons (Fsp3) is 0.500. The monoisotopic (exact) mass is 746 g/mol. The van der Waals surface area contributed by atoms with Crippen LogP contribution in [0.4, 0.5) is 4.79 Å². The smallest absolute Gasteiger partial charge is 0.318 e. The van der Waals surface area contributed by atoms with E-state index in [9.17, 15) is 9.59 Å². The summed E-state index contributed by atoms with van der Waals surface area (Å²) in [5.41, 5.74) is 5.02. The van der Waals surface area contributed by atoms with Gasteiger partial charge in [-0.15, -0.1) is 22.7 Å². The molecule has 52 heavy (non-hydrogen) atoms. The molecule has 12 heteroatoms. The molecule has 0 aliphatic heterocycles. The Bertz CT molecular complexity index is 1630. The van der Waals surface area contributed by atoms with Gasteiger partial charge in [-0.05, 0) is 55.6 Å². The Balaban J connectivity index is 1.27. The number of nitrogens with zero attached hydrogens (tertiary/aromatic N) is 3. The number of aromatic nitrogens is 2. The maximum atomic E-state index is 14.1. The summed E-state index contributed by atoms with van der Waals surface area (Å²) in [5, 5.41) is 13.1. The van der Waals surface area contributed by atoms with E-state index >= 15 is 0 Å². The number of ether oxygens (including phenoxy) is 2. The van der Waals surface area contributed by atoms with Crippen LogP contribution in [0.15, 0.2) is 77.8 Å². The number of hydrogen-bond donors (Lipinski definition) is 3. The molecule has 4 aromatic rings. The molecule has 5 rings (SSSR count). The summed E-state index contributed by atoms with van der Waals surface area (Å²) < 4.78 is 11.8. The molecule has 1 aliphatic carbocycles. The summed E-state index contributed by atoms with van der Waals surface area (Å²) >= 11 is 3.18. The van der Waals surface area contributed by atoms with Gasteiger partial charge in [0.15, 0.2) is 0 Å². The molecular weight excluding hydrogens is 693 g/mol. The first-order chi connectivity index (χ1) is 25.2. The summed E-state index contributed by atoms with van der Waals surface area (Å²) in [5.74, 6) is 0.0546. The average Bonchev–Trinajstić information content (AvgIpc) is 3.61. The highest BCUT2D eigenvalue weighted by Gasteiger charge is 2.36. The molecule has 1 saturated carbocycles. The van der Waals surface area contributed by atoms with Gasteiger partial charge in [-0.25, -0.2) is 9.78 Å². The molecule has 280 valence electrons. The molecule has 2 aromatic heterocycles. The van der Waals surface area contributed by atoms with Crippen LogP contribution >= 0.6 is 22.7 Å². The lowest BCUT2D eigenvalue weighted by Gasteiger charge is -2.30. The van der Waals surface area contributed by atoms with E-state index in [4.69, 9.17) is 14.5 Å². The van der Waals surface area contributed by atoms with E-state index in [0.29, 0.717) is 31.9 Å². The van der Waals surface area contributed by atoms with Gasteiger partial charge >= 0.3 is 6.03 Å². The Kier molecular flexibility index (Phi) is 15.2. The van der Waals surface area contributed by atoms with Crippen molar-refractivity contribution in [3.8, 4) is 0 Å². The number of hydrogen-bond acceptors (Lipinski definition) is 9. The third-order valence-corrected chi connectivity index (χ3v) is 11.1. The Labute approximate surface area is 316 Å². The molecular formula is C40H54N6O4S2. The first-order valence-electron chi connectivity index (χ1n) is 18.4. The fourth-order valence-corrected chi connectivity index (χ4v) is 7.49. The largest absolute Gasteiger partial charge is 0.351 e. The van der Waals surface area contributed by atoms with E-state index in [1.165, 1.54) is 5.56 Å². The molecule has 0 bridgehead atoms. The van der Waals surface area contributed by atoms with Crippen LogP contribution in [0.5, 0.6) is 0 Å². The molecule has 0 saturated heterocycles. The van der Waals surface area contributed by atoms with Gasteiger partial charge in [0.05, 0.1) is 34.2 Å². The Morgan fingerprint density at radius 2 is 1.56 bits per heavy atom. The number of nitrogens with one attached hydrogen (secondary N) is 3. The summed E-state index contributed by atoms with van der Waals surface area (Å²) in [6, 6.07) is 19.7. The Morgan fingerprint density at radius 1 is 0.904 bits per heavy atom. The minimum atomic E-state index is -0.690. The van der Waals surface area contributed by atoms with Crippen LogP contribution < -0.4 is 16.0 Å². The van der Waals surface area contributed by atoms with Crippen molar-refractivity contribution in [2.75, 3.05) is 7.11 Å². The predicted molar refractivity (Wildman–Crippen MR) is 208 cm³/mol. The normalized spacial score (nSPS) is 15.3. The van der Waals surface area contributed by atoms with Gasteiger partial charge in [0.2, 0.25) is 12.3 Å². The van der Waals surface area contributed by atoms with E-state index in [2.05, 4.69) is 59.0 Å². The maximum Gasteiger partial charge on any atom is 0.318 e. The van der Waals surface area contributed by atoms with Crippen molar-refractivity contribution in [2.45, 2.75) is 116 Å². The Hall–Kier alpha value is -3.68. The number of amides is 3. The predicted octanol–water partition coefficient (Wildman–Crippen LogP) is 7.28. The highest BCUT2D eigenvalue weighted by atomic mass is 32.1. The molecule has 0 radical (unpaired) electrons. The second-order valence-corrected chi connectivity index (χ2v) is 16.1. The number of carbonyl (C=O) groups is 2. The third kappa shape index (κ3) is 12.5. The fourth-order valence-electron chi connectivity index (χ4n) is 6.15. The maximum absolute atomic E-state index is 14.1. The minimum Gasteiger partial charge on any atom is -0.351 e. The lowest BCUT2D eigenvalue weighted by atomic mass is 9.95. The van der Waals surface area contributed by atoms with Gasteiger partial charge in [0.25, 0.3) is 0 Å². The van der Waals surface area contributed by atoms with Crippen molar-refractivity contribution in [2.24, 2.45) is 5.92 Å². The van der Waals surface area contributed by atoms with Crippen LogP contribution in [0, 0.1) is 5.92 Å². The number of urea groups is 1. The van der Waals surface area contributed by atoms with Crippen molar-refractivity contribution < 1.29 is 19.1 Å². The van der Waals surface area contributed by atoms with Crippen molar-refractivity contribution >= 4 is 34.6 Å². The molecule has 2 heterocycles. The molecule has 1 fully saturated rings. The zero-order valence-corrected chi connectivity index (χ0v) is 32.6. The lowest BCUT2D eigenvalue weighted by Crippen LogP contribution is -2.55. The van der Waals surface area contributed by atoms with Gasteiger partial charge < -0.3 is 25.0 Å². The van der Waals surface area contributed by atoms with Crippen molar-refractivity contribution in [1.29, 1.82) is 0 Å². The van der Waals surface area contributed by atoms with E-state index in [1.807, 2.05) is 60.5 Å². The van der Waals surface area contributed by atoms with Crippen LogP contribution in [0.2, 0.25) is 0 Å². The summed E-state index contributed by atoms with van der Waals surface area (Å²) in [4.78, 5) is 39.7. The number of rotatable bonds is 21. The highest BCUT2D eigenvalue weighted by Crippen LogP contribution is 2.30. The highest BCUT2D eigenvalue weighted by molar-refractivity contribution is 7.09. The van der Waals surface area contributed by atoms with Gasteiger partial charge in [0.1, 0.15) is 6.04 Å². The number of methoxy groups -OCH3 is 1. The van der Waals surface area contributed by atoms with E-state index in [1.54, 1.807) is 41.5 Å². The quantitative estimate of drug-likeness (QED) is 0.0768. The molecule has 3 N–H and O–H groups in total. The molecule has 10 nitrogen and oxygen atoms in total. The minimum absolute atomic E-state index is 0.00129. The second kappa shape index (κ2) is 20.0. The van der Waals surface area contributed by atoms with E-state index in [-0.39, 0.29) is 36.0 Å². The van der Waals surface area contributed by atoms with E-state index < -0.39 is 12.5 Å². The van der Waals surface area contributed by atoms with Crippen molar-refractivity contribution in [1.82, 2.24) is 30.8 Å². The van der Waals surface area contributed by atoms with Crippen LogP contribution in [0.1, 0.15) is 86.0 Å². The van der Waals surface area contributed by atoms with Crippen molar-refractivity contribution in [3.05, 3.63) is 104 Å². The number of carbonyl (C=O) groups excluding carboxylic acids is 2. The summed E-state index contributed by atoms with van der Waals surface area (Å²) in [6.45, 7) is 9.04. The van der Waals surface area contributed by atoms with Crippen LogP contribution in [0.25, 0.3) is 0 Å². The van der Waals surface area contributed by atoms with Crippen LogP contribution in [0.3, 0.4) is 0 Å². The molecule has 4 atom stereocenters. The summed E-state index contributed by atoms with van der Waals surface area (Å²) in [7, 11) is 1.63. The van der Waals surface area contributed by atoms with E-state index in [0.717, 1.165) is 46.8 Å². The number of benzene rings is 2. The lowest BCUT2D eigenvalue weighted by molar-refractivity contribution is -0.155. The van der Waals surface area contributed by atoms with Crippen LogP contribution in [-0.2, 0) is 40.3 Å². The molecule has 0 spiro atoms. The first kappa shape index (κ1) is 39.5. The van der Waals surface area contributed by atoms with Crippen LogP contribution in [-0.4, -0.2) is 64.5 Å². The van der Waals surface area contributed by atoms with Gasteiger partial charge in [-0.3, -0.25) is 15.1 Å².